The van der Waals surface area contributed by atoms with Crippen molar-refractivity contribution in [2.24, 2.45) is 0 Å². The molecule has 0 aliphatic carbocycles. The molecule has 0 fully saturated rings. The van der Waals surface area contributed by atoms with Crippen molar-refractivity contribution in [3.63, 3.8) is 0 Å². The van der Waals surface area contributed by atoms with Crippen LogP contribution in [-0.2, 0) is 12.7 Å². The van der Waals surface area contributed by atoms with Crippen LogP contribution in [0.15, 0.2) is 18.2 Å². The number of amides is 2. The maximum Gasteiger partial charge on any atom is 0.418 e. The molecule has 0 spiro atoms. The van der Waals surface area contributed by atoms with Gasteiger partial charge in [-0.1, -0.05) is 12.1 Å². The molecule has 1 N–H and O–H groups in total. The number of alkyl halides is 3. The summed E-state index contributed by atoms with van der Waals surface area (Å²) in [4.78, 5) is 13.1. The minimum atomic E-state index is -4.48. The Hall–Kier alpha value is -1.72. The van der Waals surface area contributed by atoms with E-state index in [1.165, 1.54) is 11.0 Å². The molecule has 1 aliphatic heterocycles. The first-order valence-electron chi connectivity index (χ1n) is 5.89. The van der Waals surface area contributed by atoms with Crippen molar-refractivity contribution in [2.45, 2.75) is 39.0 Å². The average molecular weight is 272 g/mol. The van der Waals surface area contributed by atoms with Crippen LogP contribution in [0.2, 0.25) is 0 Å². The molecule has 1 aliphatic rings. The second-order valence-corrected chi connectivity index (χ2v) is 5.48. The van der Waals surface area contributed by atoms with Crippen molar-refractivity contribution in [2.75, 3.05) is 4.90 Å². The summed E-state index contributed by atoms with van der Waals surface area (Å²) in [6, 6.07) is 3.47. The third-order valence-electron chi connectivity index (χ3n) is 2.95. The molecule has 1 aromatic carbocycles. The maximum atomic E-state index is 13.1. The molecule has 2 rings (SSSR count). The third-order valence-corrected chi connectivity index (χ3v) is 2.95. The fourth-order valence-corrected chi connectivity index (χ4v) is 2.22. The summed E-state index contributed by atoms with van der Waals surface area (Å²) in [6.45, 7) is 5.23. The molecule has 1 aromatic rings. The Morgan fingerprint density at radius 3 is 2.37 bits per heavy atom. The van der Waals surface area contributed by atoms with Gasteiger partial charge in [0.05, 0.1) is 11.3 Å². The van der Waals surface area contributed by atoms with Crippen molar-refractivity contribution >= 4 is 11.7 Å². The van der Waals surface area contributed by atoms with Crippen LogP contribution in [0.4, 0.5) is 23.7 Å². The summed E-state index contributed by atoms with van der Waals surface area (Å²) >= 11 is 0. The predicted octanol–water partition coefficient (Wildman–Crippen LogP) is 3.53. The number of anilines is 1. The standard InChI is InChI=1S/C13H15F3N2O/c1-12(2,3)18-10-8(7-17-11(18)19)5-4-6-9(10)13(14,15)16/h4-6H,7H2,1-3H3,(H,17,19). The first-order chi connectivity index (χ1) is 8.62. The number of fused-ring (bicyclic) bond motifs is 1. The maximum absolute atomic E-state index is 13.1. The number of nitrogens with zero attached hydrogens (tertiary/aromatic N) is 1. The van der Waals surface area contributed by atoms with E-state index in [0.29, 0.717) is 5.56 Å². The number of rotatable bonds is 0. The van der Waals surface area contributed by atoms with Crippen LogP contribution in [0.5, 0.6) is 0 Å². The number of benzene rings is 1. The molecule has 19 heavy (non-hydrogen) atoms. The lowest BCUT2D eigenvalue weighted by atomic mass is 9.97. The van der Waals surface area contributed by atoms with E-state index in [9.17, 15) is 18.0 Å². The Labute approximate surface area is 109 Å². The lowest BCUT2D eigenvalue weighted by Gasteiger charge is -2.41. The van der Waals surface area contributed by atoms with E-state index in [4.69, 9.17) is 0 Å². The predicted molar refractivity (Wildman–Crippen MR) is 65.9 cm³/mol. The van der Waals surface area contributed by atoms with Gasteiger partial charge in [-0.3, -0.25) is 4.90 Å². The minimum Gasteiger partial charge on any atom is -0.334 e. The molecule has 0 bridgehead atoms. The van der Waals surface area contributed by atoms with Gasteiger partial charge in [0.25, 0.3) is 0 Å². The number of urea groups is 1. The van der Waals surface area contributed by atoms with Gasteiger partial charge in [0, 0.05) is 12.1 Å². The van der Waals surface area contributed by atoms with E-state index in [1.807, 2.05) is 0 Å². The van der Waals surface area contributed by atoms with E-state index in [0.717, 1.165) is 6.07 Å². The van der Waals surface area contributed by atoms with Gasteiger partial charge in [-0.25, -0.2) is 4.79 Å². The quantitative estimate of drug-likeness (QED) is 0.769. The minimum absolute atomic E-state index is 0.0359. The number of carbonyl (C=O) groups excluding carboxylic acids is 1. The van der Waals surface area contributed by atoms with Gasteiger partial charge < -0.3 is 5.32 Å². The molecule has 2 amide bonds. The molecule has 0 saturated carbocycles. The van der Waals surface area contributed by atoms with E-state index in [2.05, 4.69) is 5.32 Å². The van der Waals surface area contributed by atoms with Crippen LogP contribution in [0.3, 0.4) is 0 Å². The molecule has 0 aromatic heterocycles. The van der Waals surface area contributed by atoms with E-state index in [-0.39, 0.29) is 12.2 Å². The highest BCUT2D eigenvalue weighted by Crippen LogP contribution is 2.42. The number of halogens is 3. The summed E-state index contributed by atoms with van der Waals surface area (Å²) in [5, 5.41) is 2.59. The van der Waals surface area contributed by atoms with Crippen LogP contribution >= 0.6 is 0 Å². The van der Waals surface area contributed by atoms with E-state index in [1.54, 1.807) is 26.8 Å². The van der Waals surface area contributed by atoms with Gasteiger partial charge in [-0.05, 0) is 32.4 Å². The van der Waals surface area contributed by atoms with Crippen molar-refractivity contribution in [3.05, 3.63) is 29.3 Å². The topological polar surface area (TPSA) is 32.3 Å². The summed E-state index contributed by atoms with van der Waals surface area (Å²) in [7, 11) is 0. The zero-order valence-electron chi connectivity index (χ0n) is 10.9. The largest absolute Gasteiger partial charge is 0.418 e. The molecular weight excluding hydrogens is 257 g/mol. The van der Waals surface area contributed by atoms with Gasteiger partial charge in [-0.2, -0.15) is 13.2 Å². The summed E-state index contributed by atoms with van der Waals surface area (Å²) < 4.78 is 39.3. The fourth-order valence-electron chi connectivity index (χ4n) is 2.22. The van der Waals surface area contributed by atoms with E-state index < -0.39 is 23.3 Å². The molecule has 0 radical (unpaired) electrons. The lowest BCUT2D eigenvalue weighted by molar-refractivity contribution is -0.137. The van der Waals surface area contributed by atoms with Crippen LogP contribution in [0, 0.1) is 0 Å². The Balaban J connectivity index is 2.69. The van der Waals surface area contributed by atoms with Crippen LogP contribution < -0.4 is 10.2 Å². The molecule has 104 valence electrons. The second-order valence-electron chi connectivity index (χ2n) is 5.48. The zero-order chi connectivity index (χ0) is 14.4. The van der Waals surface area contributed by atoms with Gasteiger partial charge in [0.15, 0.2) is 0 Å². The molecule has 3 nitrogen and oxygen atoms in total. The number of hydrogen-bond donors (Lipinski definition) is 1. The van der Waals surface area contributed by atoms with Gasteiger partial charge >= 0.3 is 12.2 Å². The third kappa shape index (κ3) is 2.39. The molecule has 0 atom stereocenters. The van der Waals surface area contributed by atoms with Crippen LogP contribution in [0.25, 0.3) is 0 Å². The van der Waals surface area contributed by atoms with Crippen molar-refractivity contribution < 1.29 is 18.0 Å². The smallest absolute Gasteiger partial charge is 0.334 e. The number of nitrogens with one attached hydrogen (secondary N) is 1. The molecule has 6 heteroatoms. The molecule has 0 unspecified atom stereocenters. The summed E-state index contributed by atoms with van der Waals surface area (Å²) in [5.74, 6) is 0. The Kier molecular flexibility index (Phi) is 2.99. The summed E-state index contributed by atoms with van der Waals surface area (Å²) in [5.41, 5.74) is -1.06. The van der Waals surface area contributed by atoms with Gasteiger partial charge in [0.2, 0.25) is 0 Å². The van der Waals surface area contributed by atoms with Crippen LogP contribution in [-0.4, -0.2) is 11.6 Å². The number of carbonyl (C=O) groups is 1. The Bertz CT molecular complexity index is 518. The number of hydrogen-bond acceptors (Lipinski definition) is 1. The zero-order valence-corrected chi connectivity index (χ0v) is 10.9. The van der Waals surface area contributed by atoms with Gasteiger partial charge in [0.1, 0.15) is 0 Å². The van der Waals surface area contributed by atoms with Crippen molar-refractivity contribution in [1.82, 2.24) is 5.32 Å². The first kappa shape index (κ1) is 13.7. The highest BCUT2D eigenvalue weighted by molar-refractivity contribution is 5.97. The number of para-hydroxylation sites is 1. The second kappa shape index (κ2) is 4.15. The first-order valence-corrected chi connectivity index (χ1v) is 5.89. The Morgan fingerprint density at radius 1 is 1.21 bits per heavy atom. The molecular formula is C13H15F3N2O. The van der Waals surface area contributed by atoms with E-state index >= 15 is 0 Å². The monoisotopic (exact) mass is 272 g/mol. The van der Waals surface area contributed by atoms with Gasteiger partial charge in [-0.15, -0.1) is 0 Å². The SMILES string of the molecule is CC(C)(C)N1C(=O)NCc2cccc(C(F)(F)F)c21. The molecule has 1 heterocycles. The highest BCUT2D eigenvalue weighted by atomic mass is 19.4. The Morgan fingerprint density at radius 2 is 1.84 bits per heavy atom. The van der Waals surface area contributed by atoms with Crippen LogP contribution in [0.1, 0.15) is 31.9 Å². The van der Waals surface area contributed by atoms with Crippen molar-refractivity contribution in [1.29, 1.82) is 0 Å². The van der Waals surface area contributed by atoms with Crippen molar-refractivity contribution in [3.8, 4) is 0 Å². The highest BCUT2D eigenvalue weighted by Gasteiger charge is 2.41. The fraction of sp³-hybridized carbons (Fsp3) is 0.462. The average Bonchev–Trinajstić information content (AvgIpc) is 2.24. The lowest BCUT2D eigenvalue weighted by Crippen LogP contribution is -2.54. The normalized spacial score (nSPS) is 16.1. The summed E-state index contributed by atoms with van der Waals surface area (Å²) in [6.07, 6.45) is -4.48. The molecule has 0 saturated heterocycles.